The Hall–Kier alpha value is -1.47. The number of benzene rings is 1. The Morgan fingerprint density at radius 1 is 1.25 bits per heavy atom. The summed E-state index contributed by atoms with van der Waals surface area (Å²) < 4.78 is 37.6. The minimum absolute atomic E-state index is 0.227. The number of carbonyl (C=O) groups excluding carboxylic acids is 1. The number of carbonyl (C=O) groups is 2. The van der Waals surface area contributed by atoms with Crippen molar-refractivity contribution in [2.24, 2.45) is 0 Å². The fourth-order valence-corrected chi connectivity index (χ4v) is 1.80. The maximum absolute atomic E-state index is 13.2. The normalized spacial score (nSPS) is 12.3. The van der Waals surface area contributed by atoms with E-state index < -0.39 is 42.1 Å². The second kappa shape index (κ2) is 6.81. The molecule has 9 heteroatoms. The standard InChI is InChI=1S/C11H8Cl2F3NO3/c12-5-2-6(13)7(14)1-4(5)10(18)17-8(11(19)20)3-9(15)16/h1-2,8-9H,3H2,(H,17,18)(H,19,20). The average molecular weight is 330 g/mol. The second-order valence-electron chi connectivity index (χ2n) is 3.74. The number of rotatable bonds is 5. The predicted octanol–water partition coefficient (Wildman–Crippen LogP) is 2.97. The van der Waals surface area contributed by atoms with Crippen molar-refractivity contribution in [3.63, 3.8) is 0 Å². The lowest BCUT2D eigenvalue weighted by Gasteiger charge is -2.14. The molecule has 20 heavy (non-hydrogen) atoms. The molecule has 2 N–H and O–H groups in total. The third-order valence-electron chi connectivity index (χ3n) is 2.27. The Labute approximate surface area is 121 Å². The molecule has 0 saturated carbocycles. The molecule has 1 aromatic carbocycles. The molecule has 1 amide bonds. The van der Waals surface area contributed by atoms with E-state index in [1.54, 1.807) is 0 Å². The lowest BCUT2D eigenvalue weighted by molar-refractivity contribution is -0.140. The summed E-state index contributed by atoms with van der Waals surface area (Å²) in [6, 6.07) is -0.158. The Bertz CT molecular complexity index is 540. The van der Waals surface area contributed by atoms with E-state index in [0.717, 1.165) is 6.07 Å². The molecule has 0 aromatic heterocycles. The van der Waals surface area contributed by atoms with Crippen LogP contribution in [-0.2, 0) is 4.79 Å². The van der Waals surface area contributed by atoms with Gasteiger partial charge in [-0.1, -0.05) is 23.2 Å². The molecule has 1 aromatic rings. The molecule has 1 unspecified atom stereocenters. The molecule has 0 aliphatic carbocycles. The first kappa shape index (κ1) is 16.6. The Kier molecular flexibility index (Phi) is 5.64. The van der Waals surface area contributed by atoms with Gasteiger partial charge in [0, 0.05) is 6.42 Å². The number of carboxylic acid groups (broad SMARTS) is 1. The highest BCUT2D eigenvalue weighted by Gasteiger charge is 2.25. The van der Waals surface area contributed by atoms with Crippen LogP contribution in [0.1, 0.15) is 16.8 Å². The van der Waals surface area contributed by atoms with Gasteiger partial charge in [-0.05, 0) is 12.1 Å². The van der Waals surface area contributed by atoms with Crippen LogP contribution >= 0.6 is 23.2 Å². The fraction of sp³-hybridized carbons (Fsp3) is 0.273. The molecular weight excluding hydrogens is 322 g/mol. The summed E-state index contributed by atoms with van der Waals surface area (Å²) >= 11 is 11.1. The van der Waals surface area contributed by atoms with Crippen molar-refractivity contribution >= 4 is 35.1 Å². The first-order chi connectivity index (χ1) is 9.22. The number of halogens is 5. The zero-order chi connectivity index (χ0) is 15.4. The number of nitrogens with one attached hydrogen (secondary N) is 1. The Balaban J connectivity index is 2.95. The quantitative estimate of drug-likeness (QED) is 0.816. The third-order valence-corrected chi connectivity index (χ3v) is 2.87. The van der Waals surface area contributed by atoms with Gasteiger partial charge >= 0.3 is 5.97 Å². The summed E-state index contributed by atoms with van der Waals surface area (Å²) in [5, 5.41) is 10.00. The molecule has 1 atom stereocenters. The van der Waals surface area contributed by atoms with E-state index in [2.05, 4.69) is 0 Å². The highest BCUT2D eigenvalue weighted by molar-refractivity contribution is 6.36. The van der Waals surface area contributed by atoms with Crippen molar-refractivity contribution in [1.29, 1.82) is 0 Å². The highest BCUT2D eigenvalue weighted by atomic mass is 35.5. The van der Waals surface area contributed by atoms with Crippen molar-refractivity contribution in [2.45, 2.75) is 18.9 Å². The molecule has 0 heterocycles. The summed E-state index contributed by atoms with van der Waals surface area (Å²) in [5.74, 6) is -3.66. The van der Waals surface area contributed by atoms with Gasteiger partial charge in [-0.2, -0.15) is 0 Å². The first-order valence-corrected chi connectivity index (χ1v) is 5.94. The lowest BCUT2D eigenvalue weighted by atomic mass is 10.1. The predicted molar refractivity (Wildman–Crippen MR) is 65.9 cm³/mol. The van der Waals surface area contributed by atoms with Crippen molar-refractivity contribution in [1.82, 2.24) is 5.32 Å². The second-order valence-corrected chi connectivity index (χ2v) is 4.55. The van der Waals surface area contributed by atoms with Gasteiger partial charge in [0.15, 0.2) is 0 Å². The van der Waals surface area contributed by atoms with Crippen LogP contribution in [0.15, 0.2) is 12.1 Å². The Morgan fingerprint density at radius 3 is 2.35 bits per heavy atom. The number of alkyl halides is 2. The van der Waals surface area contributed by atoms with Gasteiger partial charge in [-0.3, -0.25) is 4.79 Å². The van der Waals surface area contributed by atoms with E-state index in [4.69, 9.17) is 28.3 Å². The smallest absolute Gasteiger partial charge is 0.326 e. The molecule has 0 aliphatic rings. The van der Waals surface area contributed by atoms with Gasteiger partial charge in [0.2, 0.25) is 6.43 Å². The van der Waals surface area contributed by atoms with E-state index in [-0.39, 0.29) is 10.0 Å². The molecule has 4 nitrogen and oxygen atoms in total. The minimum Gasteiger partial charge on any atom is -0.480 e. The molecular formula is C11H8Cl2F3NO3. The van der Waals surface area contributed by atoms with Gasteiger partial charge in [-0.25, -0.2) is 18.0 Å². The van der Waals surface area contributed by atoms with E-state index in [0.29, 0.717) is 6.07 Å². The lowest BCUT2D eigenvalue weighted by Crippen LogP contribution is -2.42. The molecule has 0 radical (unpaired) electrons. The highest BCUT2D eigenvalue weighted by Crippen LogP contribution is 2.24. The number of hydrogen-bond acceptors (Lipinski definition) is 2. The van der Waals surface area contributed by atoms with Gasteiger partial charge in [0.1, 0.15) is 11.9 Å². The molecule has 0 bridgehead atoms. The number of aliphatic carboxylic acids is 1. The number of carboxylic acids is 1. The van der Waals surface area contributed by atoms with Crippen LogP contribution in [0.5, 0.6) is 0 Å². The van der Waals surface area contributed by atoms with Gasteiger partial charge in [0.25, 0.3) is 5.91 Å². The molecule has 0 aliphatic heterocycles. The van der Waals surface area contributed by atoms with Crippen molar-refractivity contribution in [3.8, 4) is 0 Å². The van der Waals surface area contributed by atoms with Crippen molar-refractivity contribution < 1.29 is 27.9 Å². The van der Waals surface area contributed by atoms with Crippen LogP contribution in [0.4, 0.5) is 13.2 Å². The van der Waals surface area contributed by atoms with E-state index >= 15 is 0 Å². The minimum atomic E-state index is -2.92. The zero-order valence-corrected chi connectivity index (χ0v) is 11.2. The van der Waals surface area contributed by atoms with Crippen LogP contribution in [0, 0.1) is 5.82 Å². The maximum atomic E-state index is 13.2. The molecule has 0 saturated heterocycles. The van der Waals surface area contributed by atoms with Crippen LogP contribution in [0.25, 0.3) is 0 Å². The Morgan fingerprint density at radius 2 is 1.85 bits per heavy atom. The monoisotopic (exact) mass is 329 g/mol. The summed E-state index contributed by atoms with van der Waals surface area (Å²) in [6.07, 6.45) is -4.00. The van der Waals surface area contributed by atoms with Gasteiger partial charge < -0.3 is 10.4 Å². The zero-order valence-electron chi connectivity index (χ0n) is 9.67. The maximum Gasteiger partial charge on any atom is 0.326 e. The summed E-state index contributed by atoms with van der Waals surface area (Å²) in [6.45, 7) is 0. The van der Waals surface area contributed by atoms with Crippen LogP contribution in [0.2, 0.25) is 10.0 Å². The average Bonchev–Trinajstić information content (AvgIpc) is 2.32. The molecule has 1 rings (SSSR count). The largest absolute Gasteiger partial charge is 0.480 e. The van der Waals surface area contributed by atoms with Crippen LogP contribution in [0.3, 0.4) is 0 Å². The summed E-state index contributed by atoms with van der Waals surface area (Å²) in [4.78, 5) is 22.4. The van der Waals surface area contributed by atoms with E-state index in [1.807, 2.05) is 5.32 Å². The van der Waals surface area contributed by atoms with Crippen molar-refractivity contribution in [2.75, 3.05) is 0 Å². The number of amides is 1. The van der Waals surface area contributed by atoms with E-state index in [9.17, 15) is 22.8 Å². The molecule has 0 fully saturated rings. The third kappa shape index (κ3) is 4.28. The van der Waals surface area contributed by atoms with Crippen LogP contribution < -0.4 is 5.32 Å². The summed E-state index contributed by atoms with van der Waals surface area (Å²) in [7, 11) is 0. The topological polar surface area (TPSA) is 66.4 Å². The summed E-state index contributed by atoms with van der Waals surface area (Å²) in [5.41, 5.74) is -0.394. The first-order valence-electron chi connectivity index (χ1n) is 5.18. The number of hydrogen-bond donors (Lipinski definition) is 2. The van der Waals surface area contributed by atoms with Crippen LogP contribution in [-0.4, -0.2) is 29.5 Å². The fourth-order valence-electron chi connectivity index (χ4n) is 1.33. The van der Waals surface area contributed by atoms with Gasteiger partial charge in [-0.15, -0.1) is 0 Å². The SMILES string of the molecule is O=C(NC(CC(F)F)C(=O)O)c1cc(F)c(Cl)cc1Cl. The van der Waals surface area contributed by atoms with Crippen molar-refractivity contribution in [3.05, 3.63) is 33.6 Å². The molecule has 110 valence electrons. The molecule has 0 spiro atoms. The van der Waals surface area contributed by atoms with Gasteiger partial charge in [0.05, 0.1) is 15.6 Å². The van der Waals surface area contributed by atoms with E-state index in [1.165, 1.54) is 0 Å².